The van der Waals surface area contributed by atoms with Gasteiger partial charge in [0.1, 0.15) is 0 Å². The quantitative estimate of drug-likeness (QED) is 0.797. The molecule has 2 aliphatic heterocycles. The predicted octanol–water partition coefficient (Wildman–Crippen LogP) is 0.990. The van der Waals surface area contributed by atoms with Crippen LogP contribution in [0.4, 0.5) is 0 Å². The Morgan fingerprint density at radius 1 is 1.42 bits per heavy atom. The number of nitrogens with zero attached hydrogens (tertiary/aromatic N) is 2. The molecule has 0 saturated carbocycles. The van der Waals surface area contributed by atoms with Gasteiger partial charge in [0.25, 0.3) is 0 Å². The van der Waals surface area contributed by atoms with Crippen LogP contribution in [0.1, 0.15) is 18.4 Å². The van der Waals surface area contributed by atoms with Crippen LogP contribution in [0.3, 0.4) is 0 Å². The zero-order valence-corrected chi connectivity index (χ0v) is 10.9. The summed E-state index contributed by atoms with van der Waals surface area (Å²) in [6, 6.07) is 3.77. The van der Waals surface area contributed by atoms with E-state index in [1.54, 1.807) is 12.4 Å². The van der Waals surface area contributed by atoms with Gasteiger partial charge in [-0.25, -0.2) is 0 Å². The Morgan fingerprint density at radius 2 is 2.26 bits per heavy atom. The Bertz CT molecular complexity index is 443. The normalized spacial score (nSPS) is 21.8. The van der Waals surface area contributed by atoms with E-state index in [1.807, 2.05) is 17.0 Å². The molecule has 1 spiro atoms. The van der Waals surface area contributed by atoms with E-state index in [0.29, 0.717) is 26.2 Å². The van der Waals surface area contributed by atoms with Gasteiger partial charge in [0, 0.05) is 25.4 Å². The molecular weight excluding hydrogens is 244 g/mol. The molecule has 3 rings (SSSR count). The molecule has 1 aromatic heterocycles. The second-order valence-corrected chi connectivity index (χ2v) is 5.06. The third-order valence-corrected chi connectivity index (χ3v) is 3.66. The monoisotopic (exact) mass is 262 g/mol. The summed E-state index contributed by atoms with van der Waals surface area (Å²) in [5.74, 6) is -0.422. The summed E-state index contributed by atoms with van der Waals surface area (Å²) in [4.78, 5) is 18.2. The minimum atomic E-state index is -0.539. The van der Waals surface area contributed by atoms with Crippen molar-refractivity contribution in [2.24, 2.45) is 0 Å². The first-order valence-corrected chi connectivity index (χ1v) is 6.72. The predicted molar refractivity (Wildman–Crippen MR) is 68.4 cm³/mol. The topological polar surface area (TPSA) is 51.7 Å². The van der Waals surface area contributed by atoms with Gasteiger partial charge in [-0.1, -0.05) is 6.07 Å². The largest absolute Gasteiger partial charge is 0.346 e. The van der Waals surface area contributed by atoms with Gasteiger partial charge in [0.05, 0.1) is 26.2 Å². The Hall–Kier alpha value is -1.46. The van der Waals surface area contributed by atoms with Crippen LogP contribution in [0, 0.1) is 0 Å². The molecule has 0 unspecified atom stereocenters. The summed E-state index contributed by atoms with van der Waals surface area (Å²) >= 11 is 0. The summed E-state index contributed by atoms with van der Waals surface area (Å²) in [6.45, 7) is 2.59. The van der Waals surface area contributed by atoms with Crippen molar-refractivity contribution in [3.8, 4) is 0 Å². The molecule has 0 bridgehead atoms. The fraction of sp³-hybridized carbons (Fsp3) is 0.571. The maximum atomic E-state index is 12.3. The first kappa shape index (κ1) is 12.6. The highest BCUT2D eigenvalue weighted by molar-refractivity contribution is 5.78. The summed E-state index contributed by atoms with van der Waals surface area (Å²) in [5.41, 5.74) is 0.945. The van der Waals surface area contributed by atoms with Gasteiger partial charge in [0.15, 0.2) is 5.79 Å². The Labute approximate surface area is 112 Å². The summed E-state index contributed by atoms with van der Waals surface area (Å²) in [6.07, 6.45) is 5.65. The fourth-order valence-electron chi connectivity index (χ4n) is 2.72. The number of ether oxygens (including phenoxy) is 2. The zero-order chi connectivity index (χ0) is 13.1. The lowest BCUT2D eigenvalue weighted by atomic mass is 10.0. The molecule has 0 N–H and O–H groups in total. The van der Waals surface area contributed by atoms with Crippen molar-refractivity contribution in [2.75, 3.05) is 26.3 Å². The number of aromatic nitrogens is 1. The van der Waals surface area contributed by atoms with Crippen LogP contribution in [0.15, 0.2) is 24.5 Å². The maximum Gasteiger partial charge on any atom is 0.227 e. The van der Waals surface area contributed by atoms with Crippen LogP contribution in [0.2, 0.25) is 0 Å². The minimum absolute atomic E-state index is 0.117. The van der Waals surface area contributed by atoms with Crippen molar-refractivity contribution < 1.29 is 14.3 Å². The highest BCUT2D eigenvalue weighted by Crippen LogP contribution is 2.30. The highest BCUT2D eigenvalue weighted by Gasteiger charge is 2.41. The molecule has 2 saturated heterocycles. The molecule has 0 aromatic carbocycles. The van der Waals surface area contributed by atoms with E-state index in [4.69, 9.17) is 9.47 Å². The van der Waals surface area contributed by atoms with Gasteiger partial charge in [-0.05, 0) is 18.1 Å². The van der Waals surface area contributed by atoms with E-state index in [0.717, 1.165) is 24.9 Å². The van der Waals surface area contributed by atoms with Crippen molar-refractivity contribution in [1.29, 1.82) is 0 Å². The van der Waals surface area contributed by atoms with Gasteiger partial charge in [-0.15, -0.1) is 0 Å². The first-order chi connectivity index (χ1) is 9.27. The number of likely N-dealkylation sites (tertiary alicyclic amines) is 1. The Morgan fingerprint density at radius 3 is 3.00 bits per heavy atom. The Balaban J connectivity index is 1.63. The smallest absolute Gasteiger partial charge is 0.227 e. The molecule has 0 aliphatic carbocycles. The van der Waals surface area contributed by atoms with E-state index in [9.17, 15) is 4.79 Å². The molecule has 0 radical (unpaired) electrons. The van der Waals surface area contributed by atoms with Gasteiger partial charge in [0.2, 0.25) is 5.91 Å². The second kappa shape index (κ2) is 5.27. The molecule has 5 nitrogen and oxygen atoms in total. The van der Waals surface area contributed by atoms with Crippen molar-refractivity contribution in [3.63, 3.8) is 0 Å². The summed E-state index contributed by atoms with van der Waals surface area (Å²) < 4.78 is 11.4. The number of amides is 1. The fourth-order valence-corrected chi connectivity index (χ4v) is 2.72. The van der Waals surface area contributed by atoms with Gasteiger partial charge in [-0.3, -0.25) is 9.78 Å². The number of hydrogen-bond acceptors (Lipinski definition) is 4. The van der Waals surface area contributed by atoms with Crippen LogP contribution in [-0.4, -0.2) is 47.9 Å². The molecule has 1 aromatic rings. The van der Waals surface area contributed by atoms with E-state index >= 15 is 0 Å². The van der Waals surface area contributed by atoms with E-state index in [-0.39, 0.29) is 5.91 Å². The van der Waals surface area contributed by atoms with Gasteiger partial charge in [-0.2, -0.15) is 0 Å². The molecule has 5 heteroatoms. The lowest BCUT2D eigenvalue weighted by Gasteiger charge is -2.38. The average molecular weight is 262 g/mol. The number of pyridine rings is 1. The molecule has 1 amide bonds. The van der Waals surface area contributed by atoms with E-state index in [2.05, 4.69) is 4.98 Å². The second-order valence-electron chi connectivity index (χ2n) is 5.06. The molecule has 2 fully saturated rings. The standard InChI is InChI=1S/C14H18N2O3/c17-13(9-12-3-1-5-15-10-12)16-6-2-4-14(11-16)18-7-8-19-14/h1,3,5,10H,2,4,6-9,11H2. The van der Waals surface area contributed by atoms with Crippen molar-refractivity contribution >= 4 is 5.91 Å². The third kappa shape index (κ3) is 2.77. The average Bonchev–Trinajstić information content (AvgIpc) is 2.88. The van der Waals surface area contributed by atoms with Crippen molar-refractivity contribution in [1.82, 2.24) is 9.88 Å². The molecule has 0 atom stereocenters. The van der Waals surface area contributed by atoms with E-state index in [1.165, 1.54) is 0 Å². The van der Waals surface area contributed by atoms with Crippen LogP contribution in [0.5, 0.6) is 0 Å². The summed E-state index contributed by atoms with van der Waals surface area (Å²) in [5, 5.41) is 0. The Kier molecular flexibility index (Phi) is 3.48. The lowest BCUT2D eigenvalue weighted by molar-refractivity contribution is -0.192. The molecular formula is C14H18N2O3. The maximum absolute atomic E-state index is 12.3. The molecule has 19 heavy (non-hydrogen) atoms. The number of carbonyl (C=O) groups is 1. The van der Waals surface area contributed by atoms with Crippen LogP contribution >= 0.6 is 0 Å². The first-order valence-electron chi connectivity index (χ1n) is 6.72. The third-order valence-electron chi connectivity index (χ3n) is 3.66. The number of piperidine rings is 1. The van der Waals surface area contributed by atoms with Gasteiger partial charge < -0.3 is 14.4 Å². The minimum Gasteiger partial charge on any atom is -0.346 e. The number of hydrogen-bond donors (Lipinski definition) is 0. The lowest BCUT2D eigenvalue weighted by Crippen LogP contribution is -2.51. The van der Waals surface area contributed by atoms with Crippen LogP contribution in [0.25, 0.3) is 0 Å². The molecule has 2 aliphatic rings. The molecule has 3 heterocycles. The van der Waals surface area contributed by atoms with Crippen molar-refractivity contribution in [2.45, 2.75) is 25.0 Å². The van der Waals surface area contributed by atoms with Gasteiger partial charge >= 0.3 is 0 Å². The van der Waals surface area contributed by atoms with Crippen LogP contribution in [-0.2, 0) is 20.7 Å². The number of rotatable bonds is 2. The zero-order valence-electron chi connectivity index (χ0n) is 10.9. The SMILES string of the molecule is O=C(Cc1cccnc1)N1CCCC2(C1)OCCO2. The molecule has 102 valence electrons. The van der Waals surface area contributed by atoms with Crippen molar-refractivity contribution in [3.05, 3.63) is 30.1 Å². The summed E-state index contributed by atoms with van der Waals surface area (Å²) in [7, 11) is 0. The van der Waals surface area contributed by atoms with Crippen LogP contribution < -0.4 is 0 Å². The highest BCUT2D eigenvalue weighted by atomic mass is 16.7. The van der Waals surface area contributed by atoms with E-state index < -0.39 is 5.79 Å². The number of carbonyl (C=O) groups excluding carboxylic acids is 1.